The monoisotopic (exact) mass is 465 g/mol. The molecule has 9 heteroatoms. The number of fused-ring (bicyclic) bond motifs is 2. The van der Waals surface area contributed by atoms with Crippen molar-refractivity contribution in [2.75, 3.05) is 26.8 Å². The quantitative estimate of drug-likeness (QED) is 0.620. The molecule has 0 radical (unpaired) electrons. The number of carbonyl (C=O) groups excluding carboxylic acids is 2. The highest BCUT2D eigenvalue weighted by molar-refractivity contribution is 6.07. The third kappa shape index (κ3) is 4.83. The van der Waals surface area contributed by atoms with Gasteiger partial charge in [-0.25, -0.2) is 9.67 Å². The highest BCUT2D eigenvalue weighted by Gasteiger charge is 2.24. The minimum atomic E-state index is -0.380. The zero-order chi connectivity index (χ0) is 24.6. The van der Waals surface area contributed by atoms with Gasteiger partial charge in [0.15, 0.2) is 17.1 Å². The molecule has 1 aliphatic rings. The smallest absolute Gasteiger partial charge is 0.254 e. The lowest BCUT2D eigenvalue weighted by atomic mass is 10.0. The average Bonchev–Trinajstić information content (AvgIpc) is 3.20. The number of nitrogens with one attached hydrogen (secondary N) is 1. The number of likely N-dealkylation sites (N-methyl/N-ethyl adjacent to an activating group) is 1. The first-order chi connectivity index (χ1) is 16.0. The van der Waals surface area contributed by atoms with Crippen molar-refractivity contribution < 1.29 is 19.1 Å². The van der Waals surface area contributed by atoms with Crippen LogP contribution in [0.1, 0.15) is 51.0 Å². The molecule has 9 nitrogen and oxygen atoms in total. The number of aromatic nitrogens is 3. The largest absolute Gasteiger partial charge is 0.486 e. The van der Waals surface area contributed by atoms with E-state index in [1.807, 2.05) is 52.8 Å². The van der Waals surface area contributed by atoms with Crippen LogP contribution in [0.4, 0.5) is 0 Å². The van der Waals surface area contributed by atoms with E-state index in [2.05, 4.69) is 10.4 Å². The molecule has 0 aliphatic carbocycles. The van der Waals surface area contributed by atoms with Crippen LogP contribution in [0.2, 0.25) is 0 Å². The van der Waals surface area contributed by atoms with E-state index in [4.69, 9.17) is 14.5 Å². The Morgan fingerprint density at radius 3 is 2.53 bits per heavy atom. The number of hydrogen-bond donors (Lipinski definition) is 1. The Labute approximate surface area is 199 Å². The van der Waals surface area contributed by atoms with Gasteiger partial charge in [0, 0.05) is 24.2 Å². The molecular weight excluding hydrogens is 434 g/mol. The molecule has 0 bridgehead atoms. The Balaban J connectivity index is 1.75. The molecule has 2 amide bonds. The summed E-state index contributed by atoms with van der Waals surface area (Å²) in [6.45, 7) is 10.7. The lowest BCUT2D eigenvalue weighted by Crippen LogP contribution is -2.46. The van der Waals surface area contributed by atoms with Crippen molar-refractivity contribution in [2.45, 2.75) is 46.2 Å². The lowest BCUT2D eigenvalue weighted by molar-refractivity contribution is -0.122. The average molecular weight is 466 g/mol. The van der Waals surface area contributed by atoms with Gasteiger partial charge in [-0.3, -0.25) is 9.59 Å². The summed E-state index contributed by atoms with van der Waals surface area (Å²) >= 11 is 0. The van der Waals surface area contributed by atoms with Crippen molar-refractivity contribution in [3.8, 4) is 22.8 Å². The van der Waals surface area contributed by atoms with Crippen LogP contribution in [0.25, 0.3) is 22.3 Å². The van der Waals surface area contributed by atoms with Crippen molar-refractivity contribution in [2.24, 2.45) is 0 Å². The summed E-state index contributed by atoms with van der Waals surface area (Å²) in [4.78, 5) is 32.2. The molecule has 0 fully saturated rings. The number of benzene rings is 1. The first kappa shape index (κ1) is 23.5. The SMILES string of the molecule is CC(C)n1ncc2c(C(=O)N(C)CC(=O)NC(C)(C)C)cc(-c3ccc4c(c3)OCCO4)nc21. The van der Waals surface area contributed by atoms with Crippen LogP contribution >= 0.6 is 0 Å². The molecule has 1 aliphatic heterocycles. The number of amides is 2. The van der Waals surface area contributed by atoms with Crippen LogP contribution in [-0.4, -0.2) is 63.8 Å². The molecule has 3 heterocycles. The van der Waals surface area contributed by atoms with Gasteiger partial charge in [0.2, 0.25) is 5.91 Å². The van der Waals surface area contributed by atoms with Gasteiger partial charge in [0.25, 0.3) is 5.91 Å². The predicted octanol–water partition coefficient (Wildman–Crippen LogP) is 3.44. The number of hydrogen-bond acceptors (Lipinski definition) is 6. The molecular formula is C25H31N5O4. The fraction of sp³-hybridized carbons (Fsp3) is 0.440. The van der Waals surface area contributed by atoms with Crippen LogP contribution in [0.15, 0.2) is 30.5 Å². The molecule has 34 heavy (non-hydrogen) atoms. The highest BCUT2D eigenvalue weighted by Crippen LogP contribution is 2.35. The number of rotatable bonds is 5. The van der Waals surface area contributed by atoms with Crippen molar-refractivity contribution >= 4 is 22.8 Å². The first-order valence-corrected chi connectivity index (χ1v) is 11.4. The third-order valence-electron chi connectivity index (χ3n) is 5.37. The summed E-state index contributed by atoms with van der Waals surface area (Å²) in [5.41, 5.74) is 2.08. The molecule has 0 spiro atoms. The molecule has 4 rings (SSSR count). The fourth-order valence-corrected chi connectivity index (χ4v) is 3.87. The minimum absolute atomic E-state index is 0.0544. The Hall–Kier alpha value is -3.62. The lowest BCUT2D eigenvalue weighted by Gasteiger charge is -2.23. The molecule has 0 atom stereocenters. The van der Waals surface area contributed by atoms with E-state index in [-0.39, 0.29) is 29.9 Å². The van der Waals surface area contributed by atoms with Gasteiger partial charge in [-0.05, 0) is 58.9 Å². The van der Waals surface area contributed by atoms with Crippen LogP contribution in [0.5, 0.6) is 11.5 Å². The number of carbonyl (C=O) groups is 2. The van der Waals surface area contributed by atoms with E-state index in [1.54, 1.807) is 24.0 Å². The molecule has 0 saturated carbocycles. The van der Waals surface area contributed by atoms with Crippen molar-refractivity contribution in [1.82, 2.24) is 25.0 Å². The van der Waals surface area contributed by atoms with Gasteiger partial charge in [-0.1, -0.05) is 0 Å². The van der Waals surface area contributed by atoms with Crippen molar-refractivity contribution in [3.05, 3.63) is 36.0 Å². The summed E-state index contributed by atoms with van der Waals surface area (Å²) in [7, 11) is 1.62. The Kier molecular flexibility index (Phi) is 6.20. The Morgan fingerprint density at radius 2 is 1.85 bits per heavy atom. The second kappa shape index (κ2) is 8.96. The first-order valence-electron chi connectivity index (χ1n) is 11.4. The van der Waals surface area contributed by atoms with E-state index in [0.717, 1.165) is 5.56 Å². The number of nitrogens with zero attached hydrogens (tertiary/aromatic N) is 4. The van der Waals surface area contributed by atoms with E-state index in [1.165, 1.54) is 4.90 Å². The summed E-state index contributed by atoms with van der Waals surface area (Å²) in [5, 5.41) is 8.00. The maximum Gasteiger partial charge on any atom is 0.254 e. The minimum Gasteiger partial charge on any atom is -0.486 e. The summed E-state index contributed by atoms with van der Waals surface area (Å²) in [5.74, 6) is 0.827. The molecule has 0 unspecified atom stereocenters. The highest BCUT2D eigenvalue weighted by atomic mass is 16.6. The molecule has 0 saturated heterocycles. The molecule has 2 aromatic heterocycles. The van der Waals surface area contributed by atoms with Gasteiger partial charge in [-0.2, -0.15) is 5.10 Å². The van der Waals surface area contributed by atoms with Crippen LogP contribution in [0, 0.1) is 0 Å². The van der Waals surface area contributed by atoms with Crippen LogP contribution in [-0.2, 0) is 4.79 Å². The molecule has 1 N–H and O–H groups in total. The van der Waals surface area contributed by atoms with E-state index in [9.17, 15) is 9.59 Å². The van der Waals surface area contributed by atoms with Crippen LogP contribution < -0.4 is 14.8 Å². The van der Waals surface area contributed by atoms with Gasteiger partial charge in [-0.15, -0.1) is 0 Å². The zero-order valence-corrected chi connectivity index (χ0v) is 20.5. The topological polar surface area (TPSA) is 98.6 Å². The number of ether oxygens (including phenoxy) is 2. The van der Waals surface area contributed by atoms with Gasteiger partial charge >= 0.3 is 0 Å². The summed E-state index contributed by atoms with van der Waals surface area (Å²) < 4.78 is 13.2. The number of pyridine rings is 1. The van der Waals surface area contributed by atoms with Crippen LogP contribution in [0.3, 0.4) is 0 Å². The Morgan fingerprint density at radius 1 is 1.15 bits per heavy atom. The van der Waals surface area contributed by atoms with Crippen molar-refractivity contribution in [3.63, 3.8) is 0 Å². The second-order valence-electron chi connectivity index (χ2n) is 9.79. The fourth-order valence-electron chi connectivity index (χ4n) is 3.87. The van der Waals surface area contributed by atoms with Gasteiger partial charge in [0.05, 0.1) is 29.4 Å². The van der Waals surface area contributed by atoms with Gasteiger partial charge in [0.1, 0.15) is 13.2 Å². The van der Waals surface area contributed by atoms with Crippen molar-refractivity contribution in [1.29, 1.82) is 0 Å². The van der Waals surface area contributed by atoms with E-state index >= 15 is 0 Å². The molecule has 180 valence electrons. The normalized spacial score (nSPS) is 13.3. The standard InChI is InChI=1S/C25H31N5O4/c1-15(2)30-23-18(13-26-30)17(24(32)29(6)14-22(31)28-25(3,4)5)12-19(27-23)16-7-8-20-21(11-16)34-10-9-33-20/h7-8,11-13,15H,9-10,14H2,1-6H3,(H,28,31). The molecule has 1 aromatic carbocycles. The third-order valence-corrected chi connectivity index (χ3v) is 5.37. The summed E-state index contributed by atoms with van der Waals surface area (Å²) in [6.07, 6.45) is 1.66. The van der Waals surface area contributed by atoms with E-state index < -0.39 is 0 Å². The van der Waals surface area contributed by atoms with Gasteiger partial charge < -0.3 is 19.7 Å². The Bertz CT molecular complexity index is 1240. The molecule has 3 aromatic rings. The summed E-state index contributed by atoms with van der Waals surface area (Å²) in [6, 6.07) is 7.42. The predicted molar refractivity (Wildman–Crippen MR) is 129 cm³/mol. The maximum absolute atomic E-state index is 13.5. The zero-order valence-electron chi connectivity index (χ0n) is 20.5. The maximum atomic E-state index is 13.5. The second-order valence-corrected chi connectivity index (χ2v) is 9.79. The van der Waals surface area contributed by atoms with E-state index in [0.29, 0.717) is 47.0 Å².